The number of carbonyl (C=O) groups excluding carboxylic acids is 1. The van der Waals surface area contributed by atoms with Gasteiger partial charge in [-0.1, -0.05) is 38.3 Å². The number of alkyl halides is 2. The van der Waals surface area contributed by atoms with Crippen molar-refractivity contribution >= 4 is 23.2 Å². The summed E-state index contributed by atoms with van der Waals surface area (Å²) in [4.78, 5) is 25.7. The molecule has 1 fully saturated rings. The minimum atomic E-state index is -3.38. The molecule has 2 atom stereocenters. The Morgan fingerprint density at radius 1 is 1.34 bits per heavy atom. The van der Waals surface area contributed by atoms with Crippen LogP contribution < -0.4 is 0 Å². The van der Waals surface area contributed by atoms with E-state index in [9.17, 15) is 23.5 Å². The van der Waals surface area contributed by atoms with Crippen molar-refractivity contribution in [3.05, 3.63) is 34.0 Å². The first-order valence-electron chi connectivity index (χ1n) is 10.1. The molecule has 1 amide bonds. The van der Waals surface area contributed by atoms with Crippen LogP contribution in [0.2, 0.25) is 0 Å². The van der Waals surface area contributed by atoms with Gasteiger partial charge in [0.2, 0.25) is 0 Å². The maximum absolute atomic E-state index is 13.9. The number of amides is 1. The van der Waals surface area contributed by atoms with Gasteiger partial charge in [0.1, 0.15) is 0 Å². The van der Waals surface area contributed by atoms with Crippen molar-refractivity contribution in [1.29, 1.82) is 0 Å². The molecule has 1 aromatic rings. The molecule has 2 heterocycles. The molecule has 2 N–H and O–H groups in total. The first-order chi connectivity index (χ1) is 13.7. The number of carboxylic acids is 1. The van der Waals surface area contributed by atoms with E-state index in [1.165, 1.54) is 28.4 Å². The molecular formula is C21H29F2NO4S. The number of likely N-dealkylation sites (tertiary alicyclic amines) is 1. The first kappa shape index (κ1) is 23.5. The Morgan fingerprint density at radius 2 is 2.07 bits per heavy atom. The van der Waals surface area contributed by atoms with E-state index >= 15 is 0 Å². The monoisotopic (exact) mass is 429 g/mol. The fraction of sp³-hybridized carbons (Fsp3) is 0.619. The van der Waals surface area contributed by atoms with Gasteiger partial charge in [0.15, 0.2) is 0 Å². The Labute approximate surface area is 174 Å². The van der Waals surface area contributed by atoms with E-state index in [1.54, 1.807) is 6.07 Å². The Balaban J connectivity index is 1.90. The zero-order valence-electron chi connectivity index (χ0n) is 16.7. The summed E-state index contributed by atoms with van der Waals surface area (Å²) in [7, 11) is 0. The molecule has 0 aromatic carbocycles. The summed E-state index contributed by atoms with van der Waals surface area (Å²) in [5.74, 6) is -5.43. The third-order valence-electron chi connectivity index (χ3n) is 4.96. The van der Waals surface area contributed by atoms with Gasteiger partial charge < -0.3 is 15.1 Å². The maximum atomic E-state index is 13.9. The topological polar surface area (TPSA) is 77.8 Å². The molecule has 162 valence electrons. The average molecular weight is 430 g/mol. The van der Waals surface area contributed by atoms with Gasteiger partial charge in [0, 0.05) is 22.7 Å². The summed E-state index contributed by atoms with van der Waals surface area (Å²) in [6.45, 7) is 2.26. The number of hydrogen-bond donors (Lipinski definition) is 2. The second kappa shape index (κ2) is 10.8. The van der Waals surface area contributed by atoms with Crippen LogP contribution in [0.25, 0.3) is 0 Å². The first-order valence-corrected chi connectivity index (χ1v) is 10.9. The highest BCUT2D eigenvalue weighted by molar-refractivity contribution is 7.12. The third kappa shape index (κ3) is 7.19. The van der Waals surface area contributed by atoms with E-state index in [2.05, 4.69) is 6.92 Å². The number of aliphatic carboxylic acids is 1. The number of nitrogens with zero attached hydrogens (tertiary/aromatic N) is 1. The predicted octanol–water partition coefficient (Wildman–Crippen LogP) is 4.04. The van der Waals surface area contributed by atoms with Gasteiger partial charge in [0.05, 0.1) is 18.6 Å². The lowest BCUT2D eigenvalue weighted by molar-refractivity contribution is -0.148. The summed E-state index contributed by atoms with van der Waals surface area (Å²) >= 11 is 1.39. The van der Waals surface area contributed by atoms with Crippen LogP contribution in [0.3, 0.4) is 0 Å². The van der Waals surface area contributed by atoms with Gasteiger partial charge in [-0.2, -0.15) is 8.78 Å². The fourth-order valence-corrected chi connectivity index (χ4v) is 4.49. The van der Waals surface area contributed by atoms with Crippen molar-refractivity contribution in [3.63, 3.8) is 0 Å². The number of rotatable bonds is 12. The van der Waals surface area contributed by atoms with E-state index in [0.29, 0.717) is 19.3 Å². The Hall–Kier alpha value is -1.80. The van der Waals surface area contributed by atoms with Gasteiger partial charge >= 0.3 is 11.9 Å². The minimum Gasteiger partial charge on any atom is -0.481 e. The molecule has 0 aliphatic carbocycles. The van der Waals surface area contributed by atoms with Gasteiger partial charge in [0.25, 0.3) is 5.91 Å². The number of carbonyl (C=O) groups is 2. The molecule has 1 aliphatic rings. The number of carboxylic acid groups (broad SMARTS) is 1. The number of aliphatic hydroxyl groups excluding tert-OH is 1. The highest BCUT2D eigenvalue weighted by Crippen LogP contribution is 2.34. The quantitative estimate of drug-likeness (QED) is 0.388. The molecule has 1 aromatic heterocycles. The van der Waals surface area contributed by atoms with Crippen LogP contribution in [0.15, 0.2) is 24.3 Å². The molecule has 0 bridgehead atoms. The zero-order chi connectivity index (χ0) is 21.4. The van der Waals surface area contributed by atoms with Crippen molar-refractivity contribution in [1.82, 2.24) is 4.90 Å². The molecule has 8 heteroatoms. The van der Waals surface area contributed by atoms with Crippen molar-refractivity contribution in [3.8, 4) is 0 Å². The Bertz CT molecular complexity index is 719. The van der Waals surface area contributed by atoms with Crippen LogP contribution in [-0.2, 0) is 22.4 Å². The third-order valence-corrected chi connectivity index (χ3v) is 6.11. The smallest absolute Gasteiger partial charge is 0.327 e. The summed E-state index contributed by atoms with van der Waals surface area (Å²) in [6.07, 6.45) is 6.38. The SMILES string of the molecule is CCCCC[C@H](O)/C=C/[C@H]1CC(F)(F)C(=O)N1CCCc1ccc(CC(=O)O)s1. The normalized spacial score (nSPS) is 19.9. The van der Waals surface area contributed by atoms with Crippen molar-refractivity contribution in [2.24, 2.45) is 0 Å². The molecule has 1 saturated heterocycles. The number of halogens is 2. The molecule has 0 radical (unpaired) electrons. The number of thiophene rings is 1. The maximum Gasteiger partial charge on any atom is 0.327 e. The minimum absolute atomic E-state index is 0.0328. The summed E-state index contributed by atoms with van der Waals surface area (Å²) in [6, 6.07) is 2.88. The van der Waals surface area contributed by atoms with Gasteiger partial charge in [-0.3, -0.25) is 9.59 Å². The van der Waals surface area contributed by atoms with E-state index in [-0.39, 0.29) is 13.0 Å². The number of hydrogen-bond acceptors (Lipinski definition) is 4. The largest absolute Gasteiger partial charge is 0.481 e. The van der Waals surface area contributed by atoms with Gasteiger partial charge in [-0.05, 0) is 31.4 Å². The molecule has 0 saturated carbocycles. The van der Waals surface area contributed by atoms with Gasteiger partial charge in [-0.25, -0.2) is 0 Å². The van der Waals surface area contributed by atoms with Crippen molar-refractivity contribution in [2.75, 3.05) is 6.54 Å². The highest BCUT2D eigenvalue weighted by atomic mass is 32.1. The van der Waals surface area contributed by atoms with Crippen LogP contribution in [0.5, 0.6) is 0 Å². The van der Waals surface area contributed by atoms with Crippen LogP contribution in [0.4, 0.5) is 8.78 Å². The lowest BCUT2D eigenvalue weighted by Crippen LogP contribution is -2.36. The zero-order valence-corrected chi connectivity index (χ0v) is 17.5. The van der Waals surface area contributed by atoms with Crippen molar-refractivity contribution < 1.29 is 28.6 Å². The summed E-state index contributed by atoms with van der Waals surface area (Å²) in [5, 5.41) is 18.8. The van der Waals surface area contributed by atoms with Crippen molar-refractivity contribution in [2.45, 2.75) is 76.4 Å². The number of unbranched alkanes of at least 4 members (excludes halogenated alkanes) is 2. The molecule has 29 heavy (non-hydrogen) atoms. The summed E-state index contributed by atoms with van der Waals surface area (Å²) in [5.41, 5.74) is 0. The van der Waals surface area contributed by atoms with E-state index in [4.69, 9.17) is 5.11 Å². The second-order valence-electron chi connectivity index (χ2n) is 7.46. The molecule has 5 nitrogen and oxygen atoms in total. The standard InChI is InChI=1S/C21H29F2NO4S/c1-2-3-4-6-16(25)9-8-15-14-21(22,23)20(28)24(15)12-5-7-17-10-11-18(29-17)13-19(26)27/h8-11,15-16,25H,2-7,12-14H2,1H3,(H,26,27)/b9-8+/t15-,16-/m0/s1. The number of aryl methyl sites for hydroxylation is 1. The Morgan fingerprint density at radius 3 is 2.76 bits per heavy atom. The molecular weight excluding hydrogens is 400 g/mol. The van der Waals surface area contributed by atoms with E-state index in [1.807, 2.05) is 6.07 Å². The van der Waals surface area contributed by atoms with Crippen LogP contribution in [0, 0.1) is 0 Å². The van der Waals surface area contributed by atoms with Gasteiger partial charge in [-0.15, -0.1) is 11.3 Å². The molecule has 1 aliphatic heterocycles. The van der Waals surface area contributed by atoms with E-state index in [0.717, 1.165) is 29.0 Å². The van der Waals surface area contributed by atoms with E-state index < -0.39 is 36.4 Å². The second-order valence-corrected chi connectivity index (χ2v) is 8.72. The molecule has 0 spiro atoms. The van der Waals surface area contributed by atoms with Crippen LogP contribution in [-0.4, -0.2) is 51.6 Å². The lowest BCUT2D eigenvalue weighted by atomic mass is 10.1. The molecule has 2 rings (SSSR count). The summed E-state index contributed by atoms with van der Waals surface area (Å²) < 4.78 is 27.9. The fourth-order valence-electron chi connectivity index (χ4n) is 3.44. The average Bonchev–Trinajstić information content (AvgIpc) is 3.16. The highest BCUT2D eigenvalue weighted by Gasteiger charge is 2.52. The van der Waals surface area contributed by atoms with Crippen LogP contribution in [0.1, 0.15) is 55.2 Å². The lowest BCUT2D eigenvalue weighted by Gasteiger charge is -2.22. The molecule has 0 unspecified atom stereocenters. The van der Waals surface area contributed by atoms with Crippen LogP contribution >= 0.6 is 11.3 Å². The predicted molar refractivity (Wildman–Crippen MR) is 108 cm³/mol. The number of aliphatic hydroxyl groups is 1. The Kier molecular flexibility index (Phi) is 8.77.